The summed E-state index contributed by atoms with van der Waals surface area (Å²) in [5, 5.41) is 14.3. The minimum Gasteiger partial charge on any atom is -0.497 e. The van der Waals surface area contributed by atoms with Crippen LogP contribution < -0.4 is 19.5 Å². The Bertz CT molecular complexity index is 1860. The summed E-state index contributed by atoms with van der Waals surface area (Å²) in [5.41, 5.74) is 3.62. The van der Waals surface area contributed by atoms with Crippen LogP contribution in [0.2, 0.25) is 0 Å². The number of para-hydroxylation sites is 1. The maximum Gasteiger partial charge on any atom is 0.234 e. The van der Waals surface area contributed by atoms with Crippen molar-refractivity contribution in [1.29, 1.82) is 0 Å². The number of anilines is 1. The topological polar surface area (TPSA) is 101 Å². The fourth-order valence-corrected chi connectivity index (χ4v) is 5.36. The normalized spacial score (nSPS) is 11.1. The Balaban J connectivity index is 1.28. The Hall–Kier alpha value is -4.96. The van der Waals surface area contributed by atoms with E-state index in [1.807, 2.05) is 83.4 Å². The molecule has 9 nitrogen and oxygen atoms in total. The van der Waals surface area contributed by atoms with Crippen LogP contribution in [0.5, 0.6) is 17.2 Å². The SMILES string of the molecule is COc1ccc(-n2c(SCC(=O)Nc3cc4oc5ccccc5c4cc3OC)nnc2-c2cccc(OC)c2)cc1. The van der Waals surface area contributed by atoms with Crippen LogP contribution in [-0.2, 0) is 4.79 Å². The van der Waals surface area contributed by atoms with E-state index >= 15 is 0 Å². The van der Waals surface area contributed by atoms with Crippen molar-refractivity contribution in [1.82, 2.24) is 14.8 Å². The first kappa shape index (κ1) is 26.3. The summed E-state index contributed by atoms with van der Waals surface area (Å²) >= 11 is 1.28. The maximum absolute atomic E-state index is 13.1. The van der Waals surface area contributed by atoms with E-state index in [2.05, 4.69) is 15.5 Å². The van der Waals surface area contributed by atoms with Crippen molar-refractivity contribution in [2.24, 2.45) is 0 Å². The molecule has 0 radical (unpaired) electrons. The number of fused-ring (bicyclic) bond motifs is 3. The number of benzene rings is 4. The van der Waals surface area contributed by atoms with Crippen LogP contribution in [0.4, 0.5) is 5.69 Å². The largest absolute Gasteiger partial charge is 0.497 e. The molecule has 0 spiro atoms. The van der Waals surface area contributed by atoms with Crippen LogP contribution in [-0.4, -0.2) is 47.8 Å². The molecule has 0 unspecified atom stereocenters. The zero-order chi connectivity index (χ0) is 28.3. The molecule has 10 heteroatoms. The summed E-state index contributed by atoms with van der Waals surface area (Å²) in [6, 6.07) is 26.6. The van der Waals surface area contributed by atoms with Crippen LogP contribution in [0.15, 0.2) is 94.5 Å². The highest BCUT2D eigenvalue weighted by Crippen LogP contribution is 2.37. The van der Waals surface area contributed by atoms with Crippen molar-refractivity contribution >= 4 is 45.3 Å². The number of carbonyl (C=O) groups excluding carboxylic acids is 1. The van der Waals surface area contributed by atoms with Gasteiger partial charge in [0.15, 0.2) is 11.0 Å². The predicted molar refractivity (Wildman–Crippen MR) is 160 cm³/mol. The van der Waals surface area contributed by atoms with Gasteiger partial charge in [-0.05, 0) is 48.5 Å². The Kier molecular flexibility index (Phi) is 7.22. The number of hydrogen-bond acceptors (Lipinski definition) is 8. The Morgan fingerprint density at radius 1 is 0.829 bits per heavy atom. The third kappa shape index (κ3) is 5.17. The Morgan fingerprint density at radius 2 is 1.63 bits per heavy atom. The lowest BCUT2D eigenvalue weighted by Gasteiger charge is -2.12. The molecular weight excluding hydrogens is 540 g/mol. The molecule has 1 N–H and O–H groups in total. The van der Waals surface area contributed by atoms with Gasteiger partial charge in [0.1, 0.15) is 28.4 Å². The van der Waals surface area contributed by atoms with Crippen molar-refractivity contribution in [2.45, 2.75) is 5.16 Å². The second-order valence-electron chi connectivity index (χ2n) is 9.06. The van der Waals surface area contributed by atoms with Crippen LogP contribution in [0.1, 0.15) is 0 Å². The van der Waals surface area contributed by atoms with E-state index in [0.717, 1.165) is 33.4 Å². The van der Waals surface area contributed by atoms with Crippen LogP contribution in [0, 0.1) is 0 Å². The molecular formula is C31H26N4O5S. The Morgan fingerprint density at radius 3 is 2.41 bits per heavy atom. The maximum atomic E-state index is 13.1. The van der Waals surface area contributed by atoms with Gasteiger partial charge in [0.2, 0.25) is 5.91 Å². The number of carbonyl (C=O) groups is 1. The van der Waals surface area contributed by atoms with Gasteiger partial charge in [0, 0.05) is 28.1 Å². The lowest BCUT2D eigenvalue weighted by Crippen LogP contribution is -2.15. The number of thioether (sulfide) groups is 1. The summed E-state index contributed by atoms with van der Waals surface area (Å²) < 4.78 is 24.2. The lowest BCUT2D eigenvalue weighted by atomic mass is 10.1. The summed E-state index contributed by atoms with van der Waals surface area (Å²) in [6.45, 7) is 0. The minimum atomic E-state index is -0.226. The van der Waals surface area contributed by atoms with E-state index in [-0.39, 0.29) is 11.7 Å². The van der Waals surface area contributed by atoms with E-state index in [9.17, 15) is 4.79 Å². The fourth-order valence-electron chi connectivity index (χ4n) is 4.61. The number of ether oxygens (including phenoxy) is 3. The number of methoxy groups -OCH3 is 3. The van der Waals surface area contributed by atoms with Gasteiger partial charge in [-0.2, -0.15) is 0 Å². The first-order chi connectivity index (χ1) is 20.1. The zero-order valence-corrected chi connectivity index (χ0v) is 23.4. The van der Waals surface area contributed by atoms with Gasteiger partial charge in [0.25, 0.3) is 0 Å². The van der Waals surface area contributed by atoms with E-state index in [4.69, 9.17) is 18.6 Å². The summed E-state index contributed by atoms with van der Waals surface area (Å²) in [5.74, 6) is 2.46. The van der Waals surface area contributed by atoms with Crippen LogP contribution in [0.3, 0.4) is 0 Å². The van der Waals surface area contributed by atoms with Crippen molar-refractivity contribution in [3.8, 4) is 34.3 Å². The second kappa shape index (κ2) is 11.3. The highest BCUT2D eigenvalue weighted by atomic mass is 32.2. The zero-order valence-electron chi connectivity index (χ0n) is 22.6. The van der Waals surface area contributed by atoms with Gasteiger partial charge >= 0.3 is 0 Å². The molecule has 0 saturated carbocycles. The molecule has 0 fully saturated rings. The van der Waals surface area contributed by atoms with Crippen LogP contribution >= 0.6 is 11.8 Å². The first-order valence-corrected chi connectivity index (χ1v) is 13.7. The van der Waals surface area contributed by atoms with Gasteiger partial charge in [-0.1, -0.05) is 42.1 Å². The van der Waals surface area contributed by atoms with E-state index < -0.39 is 0 Å². The molecule has 2 aromatic heterocycles. The molecule has 0 atom stereocenters. The standard InChI is InChI=1S/C31H26N4O5S/c1-37-21-13-11-20(12-14-21)35-30(19-7-6-8-22(15-19)38-2)33-34-31(35)41-18-29(36)32-25-17-27-24(16-28(25)39-3)23-9-4-5-10-26(23)40-27/h4-17H,18H2,1-3H3,(H,32,36). The smallest absolute Gasteiger partial charge is 0.234 e. The number of hydrogen-bond donors (Lipinski definition) is 1. The number of nitrogens with zero attached hydrogens (tertiary/aromatic N) is 3. The number of amides is 1. The number of rotatable bonds is 9. The summed E-state index contributed by atoms with van der Waals surface area (Å²) in [4.78, 5) is 13.1. The third-order valence-corrected chi connectivity index (χ3v) is 7.53. The van der Waals surface area contributed by atoms with Gasteiger partial charge in [-0.3, -0.25) is 9.36 Å². The third-order valence-electron chi connectivity index (χ3n) is 6.60. The molecule has 6 aromatic rings. The molecule has 41 heavy (non-hydrogen) atoms. The van der Waals surface area contributed by atoms with E-state index in [0.29, 0.717) is 33.8 Å². The van der Waals surface area contributed by atoms with Crippen molar-refractivity contribution < 1.29 is 23.4 Å². The highest BCUT2D eigenvalue weighted by molar-refractivity contribution is 7.99. The number of aromatic nitrogens is 3. The van der Waals surface area contributed by atoms with Crippen molar-refractivity contribution in [3.63, 3.8) is 0 Å². The molecule has 2 heterocycles. The van der Waals surface area contributed by atoms with Crippen molar-refractivity contribution in [2.75, 3.05) is 32.4 Å². The fraction of sp³-hybridized carbons (Fsp3) is 0.129. The molecule has 4 aromatic carbocycles. The number of nitrogens with one attached hydrogen (secondary N) is 1. The first-order valence-electron chi connectivity index (χ1n) is 12.7. The van der Waals surface area contributed by atoms with Gasteiger partial charge in [-0.15, -0.1) is 10.2 Å². The molecule has 0 bridgehead atoms. The van der Waals surface area contributed by atoms with Gasteiger partial charge in [0.05, 0.1) is 32.8 Å². The lowest BCUT2D eigenvalue weighted by molar-refractivity contribution is -0.113. The summed E-state index contributed by atoms with van der Waals surface area (Å²) in [7, 11) is 4.82. The monoisotopic (exact) mass is 566 g/mol. The number of furan rings is 1. The highest BCUT2D eigenvalue weighted by Gasteiger charge is 2.19. The minimum absolute atomic E-state index is 0.0910. The van der Waals surface area contributed by atoms with Gasteiger partial charge in [-0.25, -0.2) is 0 Å². The molecule has 0 aliphatic carbocycles. The van der Waals surface area contributed by atoms with Crippen LogP contribution in [0.25, 0.3) is 39.0 Å². The molecule has 1 amide bonds. The molecule has 6 rings (SSSR count). The second-order valence-corrected chi connectivity index (χ2v) is 10.00. The quantitative estimate of drug-likeness (QED) is 0.196. The summed E-state index contributed by atoms with van der Waals surface area (Å²) in [6.07, 6.45) is 0. The Labute approximate surface area is 240 Å². The van der Waals surface area contributed by atoms with E-state index in [1.54, 1.807) is 27.4 Å². The van der Waals surface area contributed by atoms with Crippen molar-refractivity contribution in [3.05, 3.63) is 84.9 Å². The molecule has 206 valence electrons. The predicted octanol–water partition coefficient (Wildman–Crippen LogP) is 6.59. The average Bonchev–Trinajstić information content (AvgIpc) is 3.60. The average molecular weight is 567 g/mol. The molecule has 0 saturated heterocycles. The van der Waals surface area contributed by atoms with E-state index in [1.165, 1.54) is 11.8 Å². The molecule has 0 aliphatic heterocycles. The van der Waals surface area contributed by atoms with Gasteiger partial charge < -0.3 is 23.9 Å². The molecule has 0 aliphatic rings.